The maximum absolute atomic E-state index is 12.6. The van der Waals surface area contributed by atoms with Crippen LogP contribution in [0.25, 0.3) is 0 Å². The van der Waals surface area contributed by atoms with Crippen LogP contribution in [-0.4, -0.2) is 67.4 Å². The SMILES string of the molecule is CN(Cc1ccc(N(C)C)cc1)C(=O)CN1CCC(C(=O)c2ccc(O)cc2)CC1. The molecule has 0 radical (unpaired) electrons. The first-order chi connectivity index (χ1) is 14.3. The maximum Gasteiger partial charge on any atom is 0.236 e. The van der Waals surface area contributed by atoms with Crippen molar-refractivity contribution in [2.75, 3.05) is 45.7 Å². The highest BCUT2D eigenvalue weighted by Crippen LogP contribution is 2.23. The summed E-state index contributed by atoms with van der Waals surface area (Å²) in [7, 11) is 5.85. The van der Waals surface area contributed by atoms with Gasteiger partial charge in [-0.1, -0.05) is 12.1 Å². The number of anilines is 1. The lowest BCUT2D eigenvalue weighted by molar-refractivity contribution is -0.131. The van der Waals surface area contributed by atoms with E-state index in [1.54, 1.807) is 29.2 Å². The summed E-state index contributed by atoms with van der Waals surface area (Å²) in [6, 6.07) is 14.7. The van der Waals surface area contributed by atoms with Crippen molar-refractivity contribution in [2.45, 2.75) is 19.4 Å². The molecule has 160 valence electrons. The largest absolute Gasteiger partial charge is 0.508 e. The molecule has 2 aromatic carbocycles. The lowest BCUT2D eigenvalue weighted by Crippen LogP contribution is -2.43. The van der Waals surface area contributed by atoms with E-state index < -0.39 is 0 Å². The molecule has 0 unspecified atom stereocenters. The lowest BCUT2D eigenvalue weighted by Gasteiger charge is -2.32. The maximum atomic E-state index is 12.6. The van der Waals surface area contributed by atoms with Crippen molar-refractivity contribution >= 4 is 17.4 Å². The first-order valence-corrected chi connectivity index (χ1v) is 10.4. The van der Waals surface area contributed by atoms with E-state index in [1.807, 2.05) is 21.1 Å². The third kappa shape index (κ3) is 5.60. The van der Waals surface area contributed by atoms with E-state index in [1.165, 1.54) is 0 Å². The Morgan fingerprint density at radius 2 is 1.57 bits per heavy atom. The number of benzene rings is 2. The molecule has 1 fully saturated rings. The van der Waals surface area contributed by atoms with Crippen LogP contribution >= 0.6 is 0 Å². The molecule has 0 aliphatic carbocycles. The van der Waals surface area contributed by atoms with E-state index >= 15 is 0 Å². The third-order valence-corrected chi connectivity index (χ3v) is 5.77. The third-order valence-electron chi connectivity index (χ3n) is 5.77. The predicted octanol–water partition coefficient (Wildman–Crippen LogP) is 3.01. The molecule has 1 heterocycles. The zero-order valence-electron chi connectivity index (χ0n) is 18.0. The number of phenolic OH excluding ortho intramolecular Hbond substituents is 1. The number of likely N-dealkylation sites (tertiary alicyclic amines) is 1. The first-order valence-electron chi connectivity index (χ1n) is 10.4. The number of aromatic hydroxyl groups is 1. The van der Waals surface area contributed by atoms with E-state index in [0.717, 1.165) is 37.2 Å². The van der Waals surface area contributed by atoms with Gasteiger partial charge in [-0.2, -0.15) is 0 Å². The molecule has 0 atom stereocenters. The highest BCUT2D eigenvalue weighted by molar-refractivity contribution is 5.98. The van der Waals surface area contributed by atoms with Crippen LogP contribution in [-0.2, 0) is 11.3 Å². The van der Waals surface area contributed by atoms with Crippen molar-refractivity contribution in [1.29, 1.82) is 0 Å². The topological polar surface area (TPSA) is 64.1 Å². The van der Waals surface area contributed by atoms with Crippen molar-refractivity contribution in [2.24, 2.45) is 5.92 Å². The molecule has 0 saturated carbocycles. The van der Waals surface area contributed by atoms with Gasteiger partial charge < -0.3 is 14.9 Å². The molecule has 2 aromatic rings. The molecular weight excluding hydrogens is 378 g/mol. The van der Waals surface area contributed by atoms with Gasteiger partial charge in [-0.25, -0.2) is 0 Å². The van der Waals surface area contributed by atoms with Gasteiger partial charge in [0.05, 0.1) is 6.54 Å². The number of carbonyl (C=O) groups excluding carboxylic acids is 2. The summed E-state index contributed by atoms with van der Waals surface area (Å²) in [4.78, 5) is 31.2. The molecule has 6 nitrogen and oxygen atoms in total. The zero-order chi connectivity index (χ0) is 21.7. The summed E-state index contributed by atoms with van der Waals surface area (Å²) in [6.07, 6.45) is 1.51. The fourth-order valence-corrected chi connectivity index (χ4v) is 3.79. The number of amides is 1. The van der Waals surface area contributed by atoms with Crippen molar-refractivity contribution in [3.8, 4) is 5.75 Å². The molecule has 3 rings (SSSR count). The summed E-state index contributed by atoms with van der Waals surface area (Å²) >= 11 is 0. The monoisotopic (exact) mass is 409 g/mol. The summed E-state index contributed by atoms with van der Waals surface area (Å²) in [5, 5.41) is 9.38. The molecule has 0 bridgehead atoms. The molecule has 0 aromatic heterocycles. The Labute approximate surface area is 178 Å². The molecular formula is C24H31N3O3. The van der Waals surface area contributed by atoms with Crippen LogP contribution < -0.4 is 4.90 Å². The van der Waals surface area contributed by atoms with Crippen LogP contribution in [0.5, 0.6) is 5.75 Å². The van der Waals surface area contributed by atoms with Gasteiger partial charge in [0.25, 0.3) is 0 Å². The Kier molecular flexibility index (Phi) is 7.11. The number of hydrogen-bond acceptors (Lipinski definition) is 5. The molecule has 1 aliphatic rings. The van der Waals surface area contributed by atoms with Crippen molar-refractivity contribution in [1.82, 2.24) is 9.80 Å². The minimum absolute atomic E-state index is 0.0196. The minimum atomic E-state index is -0.0196. The summed E-state index contributed by atoms with van der Waals surface area (Å²) in [5.41, 5.74) is 2.88. The van der Waals surface area contributed by atoms with E-state index in [4.69, 9.17) is 0 Å². The summed E-state index contributed by atoms with van der Waals surface area (Å²) < 4.78 is 0. The number of hydrogen-bond donors (Lipinski definition) is 1. The second kappa shape index (κ2) is 9.76. The number of ketones is 1. The van der Waals surface area contributed by atoms with Gasteiger partial charge in [0.2, 0.25) is 5.91 Å². The number of phenols is 1. The van der Waals surface area contributed by atoms with Gasteiger partial charge in [-0.15, -0.1) is 0 Å². The van der Waals surface area contributed by atoms with Crippen molar-refractivity contribution in [3.05, 3.63) is 59.7 Å². The average molecular weight is 410 g/mol. The predicted molar refractivity (Wildman–Crippen MR) is 119 cm³/mol. The molecule has 1 saturated heterocycles. The van der Waals surface area contributed by atoms with Crippen LogP contribution in [0.1, 0.15) is 28.8 Å². The lowest BCUT2D eigenvalue weighted by atomic mass is 9.89. The molecule has 6 heteroatoms. The van der Waals surface area contributed by atoms with Crippen LogP contribution in [0.3, 0.4) is 0 Å². The van der Waals surface area contributed by atoms with Crippen LogP contribution in [0.15, 0.2) is 48.5 Å². The van der Waals surface area contributed by atoms with Crippen LogP contribution in [0, 0.1) is 5.92 Å². The number of likely N-dealkylation sites (N-methyl/N-ethyl adjacent to an activating group) is 1. The second-order valence-corrected chi connectivity index (χ2v) is 8.27. The quantitative estimate of drug-likeness (QED) is 0.713. The fourth-order valence-electron chi connectivity index (χ4n) is 3.79. The van der Waals surface area contributed by atoms with Crippen LogP contribution in [0.2, 0.25) is 0 Å². The summed E-state index contributed by atoms with van der Waals surface area (Å²) in [6.45, 7) is 2.45. The molecule has 30 heavy (non-hydrogen) atoms. The van der Waals surface area contributed by atoms with Crippen molar-refractivity contribution < 1.29 is 14.7 Å². The minimum Gasteiger partial charge on any atom is -0.508 e. The van der Waals surface area contributed by atoms with Crippen LogP contribution in [0.4, 0.5) is 5.69 Å². The van der Waals surface area contributed by atoms with Gasteiger partial charge in [0.15, 0.2) is 5.78 Å². The van der Waals surface area contributed by atoms with E-state index in [2.05, 4.69) is 34.1 Å². The smallest absolute Gasteiger partial charge is 0.236 e. The highest BCUT2D eigenvalue weighted by Gasteiger charge is 2.27. The van der Waals surface area contributed by atoms with Gasteiger partial charge in [-0.3, -0.25) is 14.5 Å². The number of rotatable bonds is 7. The molecule has 0 spiro atoms. The Morgan fingerprint density at radius 3 is 2.13 bits per heavy atom. The average Bonchev–Trinajstić information content (AvgIpc) is 2.74. The zero-order valence-corrected chi connectivity index (χ0v) is 18.0. The van der Waals surface area contributed by atoms with Crippen molar-refractivity contribution in [3.63, 3.8) is 0 Å². The van der Waals surface area contributed by atoms with Gasteiger partial charge in [-0.05, 0) is 67.9 Å². The number of carbonyl (C=O) groups is 2. The van der Waals surface area contributed by atoms with E-state index in [0.29, 0.717) is 18.7 Å². The van der Waals surface area contributed by atoms with Gasteiger partial charge in [0.1, 0.15) is 5.75 Å². The standard InChI is InChI=1S/C24H31N3O3/c1-25(2)21-8-4-18(5-9-21)16-26(3)23(29)17-27-14-12-20(13-15-27)24(30)19-6-10-22(28)11-7-19/h4-11,20,28H,12-17H2,1-3H3. The number of piperidine rings is 1. The Bertz CT molecular complexity index is 854. The molecule has 1 N–H and O–H groups in total. The number of nitrogens with zero attached hydrogens (tertiary/aromatic N) is 3. The fraction of sp³-hybridized carbons (Fsp3) is 0.417. The van der Waals surface area contributed by atoms with Gasteiger partial charge in [0, 0.05) is 44.9 Å². The Balaban J connectivity index is 1.46. The second-order valence-electron chi connectivity index (χ2n) is 8.27. The Morgan fingerprint density at radius 1 is 0.967 bits per heavy atom. The first kappa shape index (κ1) is 21.8. The van der Waals surface area contributed by atoms with E-state index in [-0.39, 0.29) is 23.4 Å². The van der Waals surface area contributed by atoms with E-state index in [9.17, 15) is 14.7 Å². The molecule has 1 amide bonds. The highest BCUT2D eigenvalue weighted by atomic mass is 16.3. The molecule has 1 aliphatic heterocycles. The summed E-state index contributed by atoms with van der Waals surface area (Å²) in [5.74, 6) is 0.362. The normalized spacial score (nSPS) is 15.0. The Hall–Kier alpha value is -2.86. The number of Topliss-reactive ketones (excluding diaryl/α,β-unsaturated/α-hetero) is 1. The van der Waals surface area contributed by atoms with Gasteiger partial charge >= 0.3 is 0 Å².